The summed E-state index contributed by atoms with van der Waals surface area (Å²) >= 11 is 6.16. The zero-order chi connectivity index (χ0) is 29.7. The lowest BCUT2D eigenvalue weighted by molar-refractivity contribution is -0.137. The number of benzene rings is 3. The van der Waals surface area contributed by atoms with E-state index in [0.29, 0.717) is 58.3 Å². The third-order valence-corrected chi connectivity index (χ3v) is 8.07. The van der Waals surface area contributed by atoms with Gasteiger partial charge in [-0.1, -0.05) is 41.9 Å². The molecule has 0 atom stereocenters. The van der Waals surface area contributed by atoms with Gasteiger partial charge in [-0.3, -0.25) is 13.9 Å². The molecule has 0 radical (unpaired) electrons. The van der Waals surface area contributed by atoms with E-state index in [1.807, 2.05) is 43.3 Å². The van der Waals surface area contributed by atoms with Gasteiger partial charge in [0, 0.05) is 29.2 Å². The summed E-state index contributed by atoms with van der Waals surface area (Å²) in [5, 5.41) is 15.8. The Balaban J connectivity index is 1.70. The van der Waals surface area contributed by atoms with Crippen molar-refractivity contribution in [2.24, 2.45) is 0 Å². The van der Waals surface area contributed by atoms with E-state index >= 15 is 0 Å². The minimum atomic E-state index is -3.48. The lowest BCUT2D eigenvalue weighted by atomic mass is 9.98. The van der Waals surface area contributed by atoms with E-state index < -0.39 is 16.0 Å². The van der Waals surface area contributed by atoms with E-state index in [9.17, 15) is 18.0 Å². The van der Waals surface area contributed by atoms with Gasteiger partial charge in [0.25, 0.3) is 5.91 Å². The number of carboxylic acids is 1. The molecular weight excluding hydrogens is 564 g/mol. The van der Waals surface area contributed by atoms with Crippen molar-refractivity contribution in [1.82, 2.24) is 4.90 Å². The molecule has 1 heterocycles. The van der Waals surface area contributed by atoms with E-state index in [1.54, 1.807) is 42.5 Å². The summed E-state index contributed by atoms with van der Waals surface area (Å²) in [6.45, 7) is 1.11. The average Bonchev–Trinajstić information content (AvgIpc) is 3.23. The molecule has 3 aromatic rings. The molecule has 0 aliphatic carbocycles. The minimum absolute atomic E-state index is 0.0219. The Morgan fingerprint density at radius 1 is 1.00 bits per heavy atom. The number of rotatable bonds is 12. The topological polar surface area (TPSA) is 119 Å². The van der Waals surface area contributed by atoms with Crippen molar-refractivity contribution in [2.75, 3.05) is 48.4 Å². The predicted molar refractivity (Wildman–Crippen MR) is 165 cm³/mol. The van der Waals surface area contributed by atoms with Crippen molar-refractivity contribution >= 4 is 61.8 Å². The fourth-order valence-corrected chi connectivity index (χ4v) is 5.77. The molecule has 216 valence electrons. The summed E-state index contributed by atoms with van der Waals surface area (Å²) < 4.78 is 26.4. The van der Waals surface area contributed by atoms with Crippen molar-refractivity contribution in [3.8, 4) is 0 Å². The molecule has 1 aliphatic heterocycles. The van der Waals surface area contributed by atoms with E-state index in [1.165, 1.54) is 10.6 Å². The monoisotopic (exact) mass is 596 g/mol. The normalized spacial score (nSPS) is 14.0. The molecule has 4 rings (SSSR count). The number of amides is 1. The van der Waals surface area contributed by atoms with E-state index in [2.05, 4.69) is 10.6 Å². The van der Waals surface area contributed by atoms with Crippen molar-refractivity contribution in [3.05, 3.63) is 88.4 Å². The minimum Gasteiger partial charge on any atom is -0.481 e. The van der Waals surface area contributed by atoms with Gasteiger partial charge in [-0.2, -0.15) is 0 Å². The first-order valence-electron chi connectivity index (χ1n) is 13.1. The lowest BCUT2D eigenvalue weighted by Gasteiger charge is -2.24. The molecule has 0 fully saturated rings. The third-order valence-electron chi connectivity index (χ3n) is 6.64. The third kappa shape index (κ3) is 7.66. The molecule has 11 heteroatoms. The zero-order valence-corrected chi connectivity index (χ0v) is 24.7. The van der Waals surface area contributed by atoms with Gasteiger partial charge in [0.05, 0.1) is 28.9 Å². The highest BCUT2D eigenvalue weighted by Crippen LogP contribution is 2.39. The van der Waals surface area contributed by atoms with Crippen LogP contribution in [0.5, 0.6) is 0 Å². The van der Waals surface area contributed by atoms with Crippen LogP contribution in [-0.4, -0.2) is 63.7 Å². The molecule has 9 nitrogen and oxygen atoms in total. The van der Waals surface area contributed by atoms with Gasteiger partial charge in [0.1, 0.15) is 0 Å². The number of carbonyl (C=O) groups is 2. The van der Waals surface area contributed by atoms with Gasteiger partial charge < -0.3 is 20.6 Å². The maximum absolute atomic E-state index is 13.2. The quantitative estimate of drug-likeness (QED) is 0.252. The van der Waals surface area contributed by atoms with Gasteiger partial charge >= 0.3 is 5.97 Å². The summed E-state index contributed by atoms with van der Waals surface area (Å²) in [5.74, 6) is -1.16. The Hall–Kier alpha value is -3.86. The van der Waals surface area contributed by atoms with Crippen molar-refractivity contribution < 1.29 is 23.1 Å². The zero-order valence-electron chi connectivity index (χ0n) is 23.1. The number of fused-ring (bicyclic) bond motifs is 1. The molecule has 0 aromatic heterocycles. The first kappa shape index (κ1) is 30.1. The van der Waals surface area contributed by atoms with Gasteiger partial charge in [-0.05, 0) is 81.0 Å². The van der Waals surface area contributed by atoms with Crippen molar-refractivity contribution in [2.45, 2.75) is 19.3 Å². The number of carbonyl (C=O) groups excluding carboxylic acids is 1. The van der Waals surface area contributed by atoms with Crippen LogP contribution in [0.1, 0.15) is 29.5 Å². The van der Waals surface area contributed by atoms with Crippen LogP contribution in [0.3, 0.4) is 0 Å². The number of nitrogens with one attached hydrogen (secondary N) is 2. The first-order chi connectivity index (χ1) is 19.4. The first-order valence-corrected chi connectivity index (χ1v) is 15.3. The molecule has 0 saturated carbocycles. The van der Waals surface area contributed by atoms with Gasteiger partial charge in [0.2, 0.25) is 10.0 Å². The molecular formula is C30H33ClN4O5S. The van der Waals surface area contributed by atoms with Gasteiger partial charge in [-0.25, -0.2) is 8.42 Å². The SMILES string of the molecule is CN(C)CCCN(c1ccc(N/C(=C2\C(=O)Nc3cc(Cl)ccc32)c2ccc(CCC(=O)O)cc2)cc1)S(C)(=O)=O. The number of sulfonamides is 1. The van der Waals surface area contributed by atoms with Crippen LogP contribution in [0.15, 0.2) is 66.7 Å². The Bertz CT molecular complexity index is 1570. The molecule has 41 heavy (non-hydrogen) atoms. The number of halogens is 1. The summed E-state index contributed by atoms with van der Waals surface area (Å²) in [6, 6.07) is 19.6. The van der Waals surface area contributed by atoms with Crippen LogP contribution < -0.4 is 14.9 Å². The van der Waals surface area contributed by atoms with E-state index in [0.717, 1.165) is 17.7 Å². The second-order valence-electron chi connectivity index (χ2n) is 10.1. The number of nitrogens with zero attached hydrogens (tertiary/aromatic N) is 2. The van der Waals surface area contributed by atoms with E-state index in [4.69, 9.17) is 16.7 Å². The maximum Gasteiger partial charge on any atom is 0.303 e. The van der Waals surface area contributed by atoms with Crippen molar-refractivity contribution in [3.63, 3.8) is 0 Å². The molecule has 1 amide bonds. The van der Waals surface area contributed by atoms with Crippen LogP contribution in [0, 0.1) is 0 Å². The predicted octanol–water partition coefficient (Wildman–Crippen LogP) is 5.01. The van der Waals surface area contributed by atoms with Crippen LogP contribution in [-0.2, 0) is 26.0 Å². The number of hydrogen-bond acceptors (Lipinski definition) is 6. The molecule has 0 spiro atoms. The van der Waals surface area contributed by atoms with Gasteiger partial charge in [-0.15, -0.1) is 0 Å². The van der Waals surface area contributed by atoms with Crippen LogP contribution in [0.4, 0.5) is 17.1 Å². The number of aryl methyl sites for hydroxylation is 1. The largest absolute Gasteiger partial charge is 0.481 e. The summed E-state index contributed by atoms with van der Waals surface area (Å²) in [6.07, 6.45) is 2.29. The lowest BCUT2D eigenvalue weighted by Crippen LogP contribution is -2.32. The van der Waals surface area contributed by atoms with Crippen LogP contribution in [0.2, 0.25) is 5.02 Å². The molecule has 3 aromatic carbocycles. The highest BCUT2D eigenvalue weighted by Gasteiger charge is 2.29. The molecule has 0 saturated heterocycles. The Kier molecular flexibility index (Phi) is 9.37. The Morgan fingerprint density at radius 3 is 2.29 bits per heavy atom. The fourth-order valence-electron chi connectivity index (χ4n) is 4.63. The van der Waals surface area contributed by atoms with Crippen LogP contribution in [0.25, 0.3) is 11.3 Å². The number of hydrogen-bond donors (Lipinski definition) is 3. The van der Waals surface area contributed by atoms with Gasteiger partial charge in [0.15, 0.2) is 0 Å². The Morgan fingerprint density at radius 2 is 1.68 bits per heavy atom. The number of anilines is 3. The highest BCUT2D eigenvalue weighted by molar-refractivity contribution is 7.92. The highest BCUT2D eigenvalue weighted by atomic mass is 35.5. The number of carboxylic acid groups (broad SMARTS) is 1. The fraction of sp³-hybridized carbons (Fsp3) is 0.267. The summed E-state index contributed by atoms with van der Waals surface area (Å²) in [7, 11) is 0.404. The Labute approximate surface area is 245 Å². The number of aliphatic carboxylic acids is 1. The molecule has 3 N–H and O–H groups in total. The standard InChI is InChI=1S/C30H33ClN4O5S/c1-34(2)17-4-18-35(41(3,39)40)24-13-11-23(12-14-24)32-29(21-8-5-20(6-9-21)7-16-27(36)37)28-25-15-10-22(31)19-26(25)33-30(28)38/h5-6,8-15,19,32H,4,7,16-18H2,1-3H3,(H,33,38)(H,36,37)/b29-28-. The second kappa shape index (κ2) is 12.8. The molecule has 0 bridgehead atoms. The summed E-state index contributed by atoms with van der Waals surface area (Å²) in [4.78, 5) is 26.2. The second-order valence-corrected chi connectivity index (χ2v) is 12.5. The molecule has 0 unspecified atom stereocenters. The molecule has 1 aliphatic rings. The van der Waals surface area contributed by atoms with Crippen LogP contribution >= 0.6 is 11.6 Å². The maximum atomic E-state index is 13.2. The average molecular weight is 597 g/mol. The van der Waals surface area contributed by atoms with E-state index in [-0.39, 0.29) is 12.3 Å². The smallest absolute Gasteiger partial charge is 0.303 e. The van der Waals surface area contributed by atoms with Crippen molar-refractivity contribution in [1.29, 1.82) is 0 Å². The summed E-state index contributed by atoms with van der Waals surface area (Å²) in [5.41, 5.74) is 5.07.